The Hall–Kier alpha value is -3.12. The number of benzene rings is 1. The van der Waals surface area contributed by atoms with Crippen LogP contribution in [0.2, 0.25) is 0 Å². The van der Waals surface area contributed by atoms with Gasteiger partial charge in [0.15, 0.2) is 0 Å². The van der Waals surface area contributed by atoms with Crippen LogP contribution in [0, 0.1) is 16.7 Å². The smallest absolute Gasteiger partial charge is 0.324 e. The first-order chi connectivity index (χ1) is 26.5. The number of nitrogens with zero attached hydrogens (tertiary/aromatic N) is 4. The maximum atomic E-state index is 14.3. The second-order valence-corrected chi connectivity index (χ2v) is 17.4. The summed E-state index contributed by atoms with van der Waals surface area (Å²) < 4.78 is 19.8. The van der Waals surface area contributed by atoms with Gasteiger partial charge in [-0.15, -0.1) is 11.3 Å². The number of aryl methyl sites for hydroxylation is 1. The zero-order chi connectivity index (χ0) is 38.5. The summed E-state index contributed by atoms with van der Waals surface area (Å²) in [5.74, 6) is -0.896. The quantitative estimate of drug-likeness (QED) is 0.196. The Labute approximate surface area is 373 Å². The van der Waals surface area contributed by atoms with Crippen molar-refractivity contribution in [3.05, 3.63) is 58.2 Å². The summed E-state index contributed by atoms with van der Waals surface area (Å²) in [6.07, 6.45) is 6.16. The molecule has 59 heavy (non-hydrogen) atoms. The van der Waals surface area contributed by atoms with Crippen LogP contribution < -0.4 is 10.7 Å². The first kappa shape index (κ1) is 48.5. The predicted octanol–water partition coefficient (Wildman–Crippen LogP) is 6.99. The molecule has 1 spiro atoms. The van der Waals surface area contributed by atoms with Crippen molar-refractivity contribution < 1.29 is 28.6 Å². The molecular weight excluding hydrogens is 825 g/mol. The molecular formula is C43H62N6O6S4. The van der Waals surface area contributed by atoms with Gasteiger partial charge < -0.3 is 24.1 Å². The lowest BCUT2D eigenvalue weighted by atomic mass is 9.84. The minimum atomic E-state index is -0.845. The highest BCUT2D eigenvalue weighted by Gasteiger charge is 2.58. The number of cyclic esters (lactones) is 1. The fourth-order valence-corrected chi connectivity index (χ4v) is 9.74. The number of fused-ring (bicyclic) bond motifs is 6. The van der Waals surface area contributed by atoms with Crippen molar-refractivity contribution in [2.75, 3.05) is 33.5 Å². The summed E-state index contributed by atoms with van der Waals surface area (Å²) in [5, 5.41) is 8.53. The minimum absolute atomic E-state index is 0. The molecule has 2 saturated heterocycles. The van der Waals surface area contributed by atoms with Gasteiger partial charge in [-0.2, -0.15) is 40.5 Å². The van der Waals surface area contributed by atoms with Gasteiger partial charge in [-0.25, -0.2) is 10.4 Å². The van der Waals surface area contributed by atoms with Crippen LogP contribution in [0.3, 0.4) is 0 Å². The Morgan fingerprint density at radius 3 is 2.64 bits per heavy atom. The van der Waals surface area contributed by atoms with E-state index in [1.54, 1.807) is 7.11 Å². The summed E-state index contributed by atoms with van der Waals surface area (Å²) >= 11 is 1.49. The maximum Gasteiger partial charge on any atom is 0.324 e. The number of rotatable bonds is 6. The van der Waals surface area contributed by atoms with E-state index in [0.29, 0.717) is 39.0 Å². The zero-order valence-electron chi connectivity index (χ0n) is 34.0. The van der Waals surface area contributed by atoms with Crippen LogP contribution in [-0.4, -0.2) is 82.9 Å². The Bertz CT molecular complexity index is 2120. The van der Waals surface area contributed by atoms with Gasteiger partial charge in [0.25, 0.3) is 5.91 Å². The number of nitrogens with one attached hydrogen (secondary N) is 2. The van der Waals surface area contributed by atoms with Crippen molar-refractivity contribution in [3.63, 3.8) is 0 Å². The molecule has 1 aliphatic carbocycles. The first-order valence-electron chi connectivity index (χ1n) is 19.7. The Morgan fingerprint density at radius 2 is 1.92 bits per heavy atom. The van der Waals surface area contributed by atoms with Gasteiger partial charge in [0.2, 0.25) is 5.91 Å². The normalized spacial score (nSPS) is 22.7. The molecule has 4 aliphatic rings. The lowest BCUT2D eigenvalue weighted by molar-refractivity contribution is -0.155. The molecule has 1 aromatic carbocycles. The third kappa shape index (κ3) is 9.68. The number of methoxy groups -OCH3 is 1. The zero-order valence-corrected chi connectivity index (χ0v) is 37.8. The third-order valence-electron chi connectivity index (χ3n) is 12.1. The molecule has 6 bridgehead atoms. The summed E-state index contributed by atoms with van der Waals surface area (Å²) in [4.78, 5) is 51.6. The Morgan fingerprint density at radius 1 is 1.15 bits per heavy atom. The number of hydrogen-bond acceptors (Lipinski definition) is 10. The molecule has 0 radical (unpaired) electrons. The van der Waals surface area contributed by atoms with Gasteiger partial charge in [0.05, 0.1) is 34.8 Å². The van der Waals surface area contributed by atoms with Crippen LogP contribution in [0.1, 0.15) is 89.6 Å². The van der Waals surface area contributed by atoms with Crippen molar-refractivity contribution in [2.24, 2.45) is 16.7 Å². The summed E-state index contributed by atoms with van der Waals surface area (Å²) in [5.41, 5.74) is 9.66. The van der Waals surface area contributed by atoms with Gasteiger partial charge in [-0.05, 0) is 87.6 Å². The predicted molar refractivity (Wildman–Crippen MR) is 248 cm³/mol. The van der Waals surface area contributed by atoms with E-state index in [9.17, 15) is 14.4 Å². The number of ether oxygens (including phenoxy) is 3. The molecule has 1 saturated carbocycles. The van der Waals surface area contributed by atoms with E-state index < -0.39 is 23.5 Å². The lowest BCUT2D eigenvalue weighted by Crippen LogP contribution is -2.60. The van der Waals surface area contributed by atoms with Crippen molar-refractivity contribution in [3.8, 4) is 22.5 Å². The molecule has 324 valence electrons. The number of hydrogen-bond donors (Lipinski definition) is 2. The number of pyridine rings is 1. The first-order valence-corrected chi connectivity index (χ1v) is 20.6. The second kappa shape index (κ2) is 19.7. The second-order valence-electron chi connectivity index (χ2n) is 16.5. The van der Waals surface area contributed by atoms with E-state index in [-0.39, 0.29) is 90.2 Å². The van der Waals surface area contributed by atoms with Gasteiger partial charge in [0, 0.05) is 84.8 Å². The molecule has 6 heterocycles. The summed E-state index contributed by atoms with van der Waals surface area (Å²) in [6, 6.07) is 9.04. The minimum Gasteiger partial charge on any atom is -0.464 e. The third-order valence-corrected chi connectivity index (χ3v) is 13.0. The fourth-order valence-electron chi connectivity index (χ4n) is 8.89. The van der Waals surface area contributed by atoms with Crippen molar-refractivity contribution >= 4 is 80.5 Å². The Balaban J connectivity index is 0.00000192. The largest absolute Gasteiger partial charge is 0.464 e. The lowest BCUT2D eigenvalue weighted by Gasteiger charge is -2.35. The van der Waals surface area contributed by atoms with E-state index in [1.807, 2.05) is 24.6 Å². The number of hydrazine groups is 1. The number of amides is 2. The SMILES string of the molecule is C.CCn1c(-c2cccnc2[C@H](C)OC)c2c3cc(ccc31)-c1csc(n1)C[C@H](NC(=O)[C@H]1CC13CCOCC3)C(=O)N1CCC[C@H](N1)C(=O)OCC(C)(C)C2.S.S.S. The number of aromatic nitrogens is 3. The van der Waals surface area contributed by atoms with Crippen LogP contribution >= 0.6 is 51.8 Å². The van der Waals surface area contributed by atoms with Crippen molar-refractivity contribution in [2.45, 2.75) is 105 Å². The van der Waals surface area contributed by atoms with Gasteiger partial charge in [0.1, 0.15) is 12.1 Å². The number of thiazole rings is 1. The standard InChI is InChI=1S/C42H52N6O6S.CH4.3H2S/c1-6-47-34-12-11-26-19-28(34)29(37(47)27-9-7-15-43-36(27)25(2)52-5)21-41(3,4)24-54-40(51)31-10-8-16-48(46-31)39(50)32(20-35-44-33(26)23-55-35)45-38(49)30-22-42(30)13-17-53-18-14-42;;;;/h7,9,11-12,15,19,23,25,30-32,46H,6,8,10,13-14,16-18,20-22,24H2,1-5H3,(H,45,49);1H4;3*1H2/t25-,30+,31-,32-;;;;/m0..../s1. The van der Waals surface area contributed by atoms with Crippen LogP contribution in [0.25, 0.3) is 33.4 Å². The molecule has 4 atom stereocenters. The summed E-state index contributed by atoms with van der Waals surface area (Å²) in [6.45, 7) is 11.1. The molecule has 8 rings (SSSR count). The van der Waals surface area contributed by atoms with Gasteiger partial charge in [-0.3, -0.25) is 24.4 Å². The molecule has 0 unspecified atom stereocenters. The van der Waals surface area contributed by atoms with E-state index in [0.717, 1.165) is 75.5 Å². The maximum absolute atomic E-state index is 14.3. The van der Waals surface area contributed by atoms with E-state index in [1.165, 1.54) is 16.3 Å². The molecule has 3 aromatic heterocycles. The van der Waals surface area contributed by atoms with Crippen molar-refractivity contribution in [1.82, 2.24) is 30.3 Å². The fraction of sp³-hybridized carbons (Fsp3) is 0.558. The van der Waals surface area contributed by atoms with Crippen LogP contribution in [0.4, 0.5) is 0 Å². The molecule has 4 aromatic rings. The topological polar surface area (TPSA) is 137 Å². The number of carbonyl (C=O) groups is 3. The number of carbonyl (C=O) groups excluding carboxylic acids is 3. The molecule has 3 aliphatic heterocycles. The highest BCUT2D eigenvalue weighted by Crippen LogP contribution is 2.59. The molecule has 16 heteroatoms. The van der Waals surface area contributed by atoms with E-state index >= 15 is 0 Å². The highest BCUT2D eigenvalue weighted by molar-refractivity contribution is 7.59. The van der Waals surface area contributed by atoms with Gasteiger partial charge >= 0.3 is 5.97 Å². The van der Waals surface area contributed by atoms with Crippen LogP contribution in [0.15, 0.2) is 41.9 Å². The molecule has 12 nitrogen and oxygen atoms in total. The summed E-state index contributed by atoms with van der Waals surface area (Å²) in [7, 11) is 1.70. The Kier molecular flexibility index (Phi) is 16.2. The molecule has 3 fully saturated rings. The van der Waals surface area contributed by atoms with E-state index in [4.69, 9.17) is 24.2 Å². The van der Waals surface area contributed by atoms with Crippen LogP contribution in [0.5, 0.6) is 0 Å². The monoisotopic (exact) mass is 886 g/mol. The van der Waals surface area contributed by atoms with Crippen LogP contribution in [-0.2, 0) is 48.0 Å². The average Bonchev–Trinajstić information content (AvgIpc) is 3.52. The number of esters is 1. The highest BCUT2D eigenvalue weighted by atomic mass is 32.1. The van der Waals surface area contributed by atoms with E-state index in [2.05, 4.69) is 60.3 Å². The molecule has 2 N–H and O–H groups in total. The van der Waals surface area contributed by atoms with Gasteiger partial charge in [-0.1, -0.05) is 27.3 Å². The van der Waals surface area contributed by atoms with Crippen molar-refractivity contribution in [1.29, 1.82) is 0 Å². The molecule has 2 amide bonds. The average molecular weight is 887 g/mol.